The van der Waals surface area contributed by atoms with Crippen LogP contribution in [0.4, 0.5) is 11.4 Å². The third-order valence-corrected chi connectivity index (χ3v) is 2.40. The lowest BCUT2D eigenvalue weighted by atomic mass is 10.2. The van der Waals surface area contributed by atoms with Crippen LogP contribution in [-0.4, -0.2) is 25.9 Å². The highest BCUT2D eigenvalue weighted by Crippen LogP contribution is 2.29. The Balaban J connectivity index is 2.61. The van der Waals surface area contributed by atoms with Crippen molar-refractivity contribution in [3.8, 4) is 5.75 Å². The van der Waals surface area contributed by atoms with Crippen molar-refractivity contribution in [2.24, 2.45) is 0 Å². The third-order valence-electron chi connectivity index (χ3n) is 2.40. The Labute approximate surface area is 103 Å². The molecule has 0 amide bonds. The standard InChI is InChI=1S/C13H22N2O2/c1-4-16-10(3)9-15-11-7-6-8-12(13(11)14)17-5-2/h6-8,10,15H,4-5,9,14H2,1-3H3. The molecule has 1 atom stereocenters. The lowest BCUT2D eigenvalue weighted by Gasteiger charge is -2.16. The second-order valence-electron chi connectivity index (χ2n) is 3.80. The van der Waals surface area contributed by atoms with Gasteiger partial charge in [-0.15, -0.1) is 0 Å². The minimum absolute atomic E-state index is 0.162. The number of anilines is 2. The van der Waals surface area contributed by atoms with Crippen LogP contribution in [0.2, 0.25) is 0 Å². The van der Waals surface area contributed by atoms with Crippen LogP contribution in [-0.2, 0) is 4.74 Å². The van der Waals surface area contributed by atoms with E-state index in [-0.39, 0.29) is 6.10 Å². The molecule has 0 heterocycles. The molecule has 0 fully saturated rings. The molecule has 1 rings (SSSR count). The van der Waals surface area contributed by atoms with Crippen LogP contribution in [0.25, 0.3) is 0 Å². The van der Waals surface area contributed by atoms with E-state index in [1.165, 1.54) is 0 Å². The van der Waals surface area contributed by atoms with Crippen molar-refractivity contribution in [2.75, 3.05) is 30.8 Å². The Morgan fingerprint density at radius 2 is 2.06 bits per heavy atom. The van der Waals surface area contributed by atoms with E-state index in [0.29, 0.717) is 12.3 Å². The summed E-state index contributed by atoms with van der Waals surface area (Å²) in [6.07, 6.45) is 0.162. The summed E-state index contributed by atoms with van der Waals surface area (Å²) in [6.45, 7) is 8.02. The Morgan fingerprint density at radius 1 is 1.29 bits per heavy atom. The van der Waals surface area contributed by atoms with E-state index >= 15 is 0 Å². The largest absolute Gasteiger partial charge is 0.492 e. The molecule has 1 aromatic rings. The smallest absolute Gasteiger partial charge is 0.144 e. The average Bonchev–Trinajstić information content (AvgIpc) is 2.31. The van der Waals surface area contributed by atoms with Crippen LogP contribution in [0.15, 0.2) is 18.2 Å². The van der Waals surface area contributed by atoms with Gasteiger partial charge in [0.1, 0.15) is 5.75 Å². The zero-order valence-corrected chi connectivity index (χ0v) is 10.8. The summed E-state index contributed by atoms with van der Waals surface area (Å²) >= 11 is 0. The van der Waals surface area contributed by atoms with Crippen molar-refractivity contribution in [3.63, 3.8) is 0 Å². The van der Waals surface area contributed by atoms with E-state index in [2.05, 4.69) is 5.32 Å². The predicted molar refractivity (Wildman–Crippen MR) is 71.6 cm³/mol. The molecular weight excluding hydrogens is 216 g/mol. The maximum absolute atomic E-state index is 6.00. The first-order valence-corrected chi connectivity index (χ1v) is 6.05. The van der Waals surface area contributed by atoms with Gasteiger partial charge in [0, 0.05) is 13.2 Å². The van der Waals surface area contributed by atoms with Crippen LogP contribution in [0, 0.1) is 0 Å². The minimum atomic E-state index is 0.162. The quantitative estimate of drug-likeness (QED) is 0.717. The van der Waals surface area contributed by atoms with Gasteiger partial charge < -0.3 is 20.5 Å². The summed E-state index contributed by atoms with van der Waals surface area (Å²) < 4.78 is 10.9. The maximum atomic E-state index is 6.00. The summed E-state index contributed by atoms with van der Waals surface area (Å²) in [5.74, 6) is 0.724. The van der Waals surface area contributed by atoms with Crippen molar-refractivity contribution in [3.05, 3.63) is 18.2 Å². The molecule has 0 saturated heterocycles. The molecule has 0 aliphatic heterocycles. The predicted octanol–water partition coefficient (Wildman–Crippen LogP) is 2.50. The van der Waals surface area contributed by atoms with E-state index in [0.717, 1.165) is 24.6 Å². The first-order valence-electron chi connectivity index (χ1n) is 6.05. The van der Waals surface area contributed by atoms with Gasteiger partial charge in [0.25, 0.3) is 0 Å². The number of nitrogen functional groups attached to an aromatic ring is 1. The van der Waals surface area contributed by atoms with Gasteiger partial charge in [-0.2, -0.15) is 0 Å². The van der Waals surface area contributed by atoms with E-state index in [4.69, 9.17) is 15.2 Å². The fourth-order valence-electron chi connectivity index (χ4n) is 1.58. The van der Waals surface area contributed by atoms with Crippen molar-refractivity contribution < 1.29 is 9.47 Å². The van der Waals surface area contributed by atoms with Crippen LogP contribution in [0.5, 0.6) is 5.75 Å². The second kappa shape index (κ2) is 7.01. The maximum Gasteiger partial charge on any atom is 0.144 e. The molecule has 1 aromatic carbocycles. The average molecular weight is 238 g/mol. The Morgan fingerprint density at radius 3 is 2.71 bits per heavy atom. The topological polar surface area (TPSA) is 56.5 Å². The number of nitrogens with one attached hydrogen (secondary N) is 1. The van der Waals surface area contributed by atoms with E-state index < -0.39 is 0 Å². The molecule has 4 nitrogen and oxygen atoms in total. The molecule has 0 bridgehead atoms. The summed E-state index contributed by atoms with van der Waals surface area (Å²) in [7, 11) is 0. The zero-order valence-electron chi connectivity index (χ0n) is 10.8. The van der Waals surface area contributed by atoms with Gasteiger partial charge in [0.15, 0.2) is 0 Å². The molecule has 4 heteroatoms. The Hall–Kier alpha value is -1.42. The first kappa shape index (κ1) is 13.6. The Bertz CT molecular complexity index is 342. The van der Waals surface area contributed by atoms with E-state index in [9.17, 15) is 0 Å². The van der Waals surface area contributed by atoms with E-state index in [1.807, 2.05) is 39.0 Å². The van der Waals surface area contributed by atoms with Crippen LogP contribution >= 0.6 is 0 Å². The summed E-state index contributed by atoms with van der Waals surface area (Å²) in [6, 6.07) is 5.74. The Kier molecular flexibility index (Phi) is 5.63. The monoisotopic (exact) mass is 238 g/mol. The van der Waals surface area contributed by atoms with Crippen LogP contribution < -0.4 is 15.8 Å². The molecule has 96 valence electrons. The summed E-state index contributed by atoms with van der Waals surface area (Å²) in [5, 5.41) is 3.27. The number of para-hydroxylation sites is 1. The van der Waals surface area contributed by atoms with Crippen LogP contribution in [0.3, 0.4) is 0 Å². The molecule has 0 radical (unpaired) electrons. The number of ether oxygens (including phenoxy) is 2. The van der Waals surface area contributed by atoms with Crippen molar-refractivity contribution >= 4 is 11.4 Å². The number of benzene rings is 1. The number of rotatable bonds is 7. The minimum Gasteiger partial charge on any atom is -0.492 e. The van der Waals surface area contributed by atoms with Gasteiger partial charge in [-0.05, 0) is 32.9 Å². The number of nitrogens with two attached hydrogens (primary N) is 1. The molecule has 17 heavy (non-hydrogen) atoms. The normalized spacial score (nSPS) is 12.2. The molecule has 1 unspecified atom stereocenters. The molecule has 3 N–H and O–H groups in total. The molecule has 0 aliphatic rings. The molecular formula is C13H22N2O2. The fourth-order valence-corrected chi connectivity index (χ4v) is 1.58. The van der Waals surface area contributed by atoms with Crippen molar-refractivity contribution in [1.82, 2.24) is 0 Å². The lowest BCUT2D eigenvalue weighted by Crippen LogP contribution is -2.20. The highest BCUT2D eigenvalue weighted by Gasteiger charge is 2.06. The third kappa shape index (κ3) is 4.15. The van der Waals surface area contributed by atoms with Gasteiger partial charge in [-0.1, -0.05) is 6.07 Å². The number of hydrogen-bond acceptors (Lipinski definition) is 4. The van der Waals surface area contributed by atoms with Crippen LogP contribution in [0.1, 0.15) is 20.8 Å². The highest BCUT2D eigenvalue weighted by molar-refractivity contribution is 5.72. The molecule has 0 saturated carbocycles. The van der Waals surface area contributed by atoms with Gasteiger partial charge >= 0.3 is 0 Å². The van der Waals surface area contributed by atoms with Gasteiger partial charge in [-0.25, -0.2) is 0 Å². The molecule has 0 aromatic heterocycles. The van der Waals surface area contributed by atoms with Crippen molar-refractivity contribution in [2.45, 2.75) is 26.9 Å². The van der Waals surface area contributed by atoms with Gasteiger partial charge in [0.2, 0.25) is 0 Å². The van der Waals surface area contributed by atoms with Crippen molar-refractivity contribution in [1.29, 1.82) is 0 Å². The zero-order chi connectivity index (χ0) is 12.7. The lowest BCUT2D eigenvalue weighted by molar-refractivity contribution is 0.0855. The summed E-state index contributed by atoms with van der Waals surface area (Å²) in [4.78, 5) is 0. The summed E-state index contributed by atoms with van der Waals surface area (Å²) in [5.41, 5.74) is 7.54. The highest BCUT2D eigenvalue weighted by atomic mass is 16.5. The first-order chi connectivity index (χ1) is 8.19. The van der Waals surface area contributed by atoms with E-state index in [1.54, 1.807) is 0 Å². The number of hydrogen-bond donors (Lipinski definition) is 2. The second-order valence-corrected chi connectivity index (χ2v) is 3.80. The molecule has 0 aliphatic carbocycles. The van der Waals surface area contributed by atoms with Gasteiger partial charge in [-0.3, -0.25) is 0 Å². The molecule has 0 spiro atoms. The fraction of sp³-hybridized carbons (Fsp3) is 0.538. The van der Waals surface area contributed by atoms with Gasteiger partial charge in [0.05, 0.1) is 24.1 Å². The SMILES string of the molecule is CCOc1cccc(NCC(C)OCC)c1N.